The molecule has 0 aliphatic carbocycles. The highest BCUT2D eigenvalue weighted by atomic mass is 32.2. The Morgan fingerprint density at radius 2 is 1.85 bits per heavy atom. The molecule has 0 saturated carbocycles. The third kappa shape index (κ3) is 6.09. The van der Waals surface area contributed by atoms with Crippen LogP contribution in [-0.4, -0.2) is 58.6 Å². The van der Waals surface area contributed by atoms with Crippen molar-refractivity contribution >= 4 is 33.6 Å². The topological polar surface area (TPSA) is 103 Å². The Morgan fingerprint density at radius 1 is 1.12 bits per heavy atom. The minimum atomic E-state index is -0.840. The molecule has 1 fully saturated rings. The van der Waals surface area contributed by atoms with Gasteiger partial charge in [-0.25, -0.2) is 19.2 Å². The number of amides is 1. The van der Waals surface area contributed by atoms with Gasteiger partial charge in [0.1, 0.15) is 29.2 Å². The predicted octanol–water partition coefficient (Wildman–Crippen LogP) is 6.59. The van der Waals surface area contributed by atoms with Gasteiger partial charge in [0.05, 0.1) is 17.1 Å². The second-order valence-corrected chi connectivity index (χ2v) is 12.3. The number of allylic oxidation sites excluding steroid dienone is 1. The third-order valence-corrected chi connectivity index (χ3v) is 8.18. The summed E-state index contributed by atoms with van der Waals surface area (Å²) in [5.74, 6) is 1.35. The Bertz CT molecular complexity index is 1610. The van der Waals surface area contributed by atoms with Crippen molar-refractivity contribution < 1.29 is 22.5 Å². The van der Waals surface area contributed by atoms with Gasteiger partial charge in [-0.3, -0.25) is 13.8 Å². The maximum Gasteiger partial charge on any atom is 0.414 e. The Morgan fingerprint density at radius 3 is 2.54 bits per heavy atom. The first-order chi connectivity index (χ1) is 19.6. The molecular formula is C30H34FN5O4S. The van der Waals surface area contributed by atoms with E-state index in [-0.39, 0.29) is 11.9 Å². The van der Waals surface area contributed by atoms with Crippen molar-refractivity contribution in [3.8, 4) is 22.5 Å². The minimum absolute atomic E-state index is 0.0299. The van der Waals surface area contributed by atoms with E-state index < -0.39 is 22.5 Å². The summed E-state index contributed by atoms with van der Waals surface area (Å²) in [6, 6.07) is 8.08. The van der Waals surface area contributed by atoms with Crippen LogP contribution in [0, 0.1) is 5.82 Å². The van der Waals surface area contributed by atoms with E-state index in [1.165, 1.54) is 18.5 Å². The molecule has 0 unspecified atom stereocenters. The maximum atomic E-state index is 13.7. The summed E-state index contributed by atoms with van der Waals surface area (Å²) in [5, 5.41) is 5.50. The van der Waals surface area contributed by atoms with Crippen molar-refractivity contribution in [2.45, 2.75) is 59.1 Å². The van der Waals surface area contributed by atoms with Gasteiger partial charge in [0, 0.05) is 57.9 Å². The van der Waals surface area contributed by atoms with E-state index in [1.54, 1.807) is 23.2 Å². The van der Waals surface area contributed by atoms with Gasteiger partial charge in [-0.05, 0) is 63.9 Å². The lowest BCUT2D eigenvalue weighted by Gasteiger charge is -2.28. The lowest BCUT2D eigenvalue weighted by molar-refractivity contribution is 0.0329. The predicted molar refractivity (Wildman–Crippen MR) is 157 cm³/mol. The zero-order valence-electron chi connectivity index (χ0n) is 23.9. The Balaban J connectivity index is 0.00000165. The second-order valence-electron chi connectivity index (χ2n) is 10.8. The van der Waals surface area contributed by atoms with Crippen LogP contribution >= 0.6 is 0 Å². The summed E-state index contributed by atoms with van der Waals surface area (Å²) in [6.45, 7) is 10.1. The molecule has 1 amide bonds. The van der Waals surface area contributed by atoms with Gasteiger partial charge >= 0.3 is 6.09 Å². The lowest BCUT2D eigenvalue weighted by atomic mass is 10.0. The fourth-order valence-electron chi connectivity index (χ4n) is 4.74. The number of carbonyl (C=O) groups is 1. The molecule has 41 heavy (non-hydrogen) atoms. The molecule has 0 N–H and O–H groups in total. The van der Waals surface area contributed by atoms with E-state index in [2.05, 4.69) is 9.97 Å². The monoisotopic (exact) mass is 579 g/mol. The molecule has 0 radical (unpaired) electrons. The smallest absolute Gasteiger partial charge is 0.414 e. The van der Waals surface area contributed by atoms with E-state index in [0.717, 1.165) is 29.5 Å². The number of benzene rings is 1. The van der Waals surface area contributed by atoms with Gasteiger partial charge in [0.2, 0.25) is 5.71 Å². The number of halogens is 1. The van der Waals surface area contributed by atoms with Crippen LogP contribution in [0.15, 0.2) is 53.5 Å². The first-order valence-electron chi connectivity index (χ1n) is 13.8. The van der Waals surface area contributed by atoms with Crippen molar-refractivity contribution in [3.05, 3.63) is 60.6 Å². The minimum Gasteiger partial charge on any atom is -0.443 e. The molecule has 1 saturated heterocycles. The van der Waals surface area contributed by atoms with E-state index in [1.807, 2.05) is 51.6 Å². The molecule has 1 aromatic carbocycles. The molecule has 3 aromatic heterocycles. The second kappa shape index (κ2) is 11.6. The van der Waals surface area contributed by atoms with Gasteiger partial charge in [-0.2, -0.15) is 5.10 Å². The SMILES string of the molecule is CC.CC(C)(C)OC(=O)N1C=C(c2cc3c(-c4cn(C5CS(=O)C5)nc4-c4ccc(F)cc4)ncnc3o2)CCC1. The van der Waals surface area contributed by atoms with E-state index >= 15 is 0 Å². The highest BCUT2D eigenvalue weighted by molar-refractivity contribution is 7.86. The molecule has 216 valence electrons. The van der Waals surface area contributed by atoms with Crippen LogP contribution in [0.25, 0.3) is 39.2 Å². The summed E-state index contributed by atoms with van der Waals surface area (Å²) in [7, 11) is -0.840. The van der Waals surface area contributed by atoms with Gasteiger partial charge in [0.25, 0.3) is 0 Å². The van der Waals surface area contributed by atoms with Crippen molar-refractivity contribution in [2.75, 3.05) is 18.1 Å². The summed E-state index contributed by atoms with van der Waals surface area (Å²) in [5.41, 5.74) is 3.43. The molecule has 0 spiro atoms. The summed E-state index contributed by atoms with van der Waals surface area (Å²) < 4.78 is 39.0. The molecule has 0 bridgehead atoms. The van der Waals surface area contributed by atoms with Crippen LogP contribution in [0.1, 0.15) is 59.3 Å². The molecule has 0 atom stereocenters. The number of rotatable bonds is 4. The number of carbonyl (C=O) groups excluding carboxylic acids is 1. The van der Waals surface area contributed by atoms with Crippen LogP contribution in [0.3, 0.4) is 0 Å². The molecule has 4 aromatic rings. The number of furan rings is 1. The largest absolute Gasteiger partial charge is 0.443 e. The quantitative estimate of drug-likeness (QED) is 0.269. The van der Waals surface area contributed by atoms with Gasteiger partial charge in [0.15, 0.2) is 0 Å². The van der Waals surface area contributed by atoms with E-state index in [9.17, 15) is 13.4 Å². The number of fused-ring (bicyclic) bond motifs is 1. The third-order valence-electron chi connectivity index (χ3n) is 6.67. The first-order valence-corrected chi connectivity index (χ1v) is 15.3. The van der Waals surface area contributed by atoms with Crippen molar-refractivity contribution in [1.29, 1.82) is 0 Å². The number of hydrogen-bond acceptors (Lipinski definition) is 7. The van der Waals surface area contributed by atoms with Crippen molar-refractivity contribution in [1.82, 2.24) is 24.6 Å². The lowest BCUT2D eigenvalue weighted by Crippen LogP contribution is -2.35. The van der Waals surface area contributed by atoms with Gasteiger partial charge in [-0.1, -0.05) is 13.8 Å². The first kappa shape index (κ1) is 28.7. The number of nitrogens with zero attached hydrogens (tertiary/aromatic N) is 5. The van der Waals surface area contributed by atoms with Crippen molar-refractivity contribution in [3.63, 3.8) is 0 Å². The maximum absolute atomic E-state index is 13.7. The van der Waals surface area contributed by atoms with Gasteiger partial charge in [-0.15, -0.1) is 0 Å². The molecule has 6 rings (SSSR count). The normalized spacial score (nSPS) is 18.8. The van der Waals surface area contributed by atoms with Gasteiger partial charge < -0.3 is 9.15 Å². The molecule has 5 heterocycles. The fourth-order valence-corrected chi connectivity index (χ4v) is 5.81. The number of aromatic nitrogens is 4. The van der Waals surface area contributed by atoms with E-state index in [0.29, 0.717) is 46.3 Å². The number of ether oxygens (including phenoxy) is 1. The molecule has 9 nitrogen and oxygen atoms in total. The summed E-state index contributed by atoms with van der Waals surface area (Å²) in [4.78, 5) is 23.2. The average Bonchev–Trinajstić information content (AvgIpc) is 3.57. The summed E-state index contributed by atoms with van der Waals surface area (Å²) in [6.07, 6.45) is 6.23. The zero-order valence-corrected chi connectivity index (χ0v) is 24.7. The average molecular weight is 580 g/mol. The standard InChI is InChI=1S/C28H28FN5O4S.C2H6/c1-28(2,3)38-27(35)33-10-4-5-18(12-33)23-11-21-25(30-16-31-26(21)37-23)22-13-34(20-14-39(36)15-20)32-24(22)17-6-8-19(29)9-7-17;1-2/h6-9,11-13,16,20H,4-5,10,14-15H2,1-3H3;1-2H3. The summed E-state index contributed by atoms with van der Waals surface area (Å²) >= 11 is 0. The highest BCUT2D eigenvalue weighted by Gasteiger charge is 2.30. The van der Waals surface area contributed by atoms with Crippen LogP contribution in [0.5, 0.6) is 0 Å². The van der Waals surface area contributed by atoms with Crippen molar-refractivity contribution in [2.24, 2.45) is 0 Å². The van der Waals surface area contributed by atoms with E-state index in [4.69, 9.17) is 14.3 Å². The zero-order chi connectivity index (χ0) is 29.3. The molecule has 2 aliphatic heterocycles. The number of hydrogen-bond donors (Lipinski definition) is 0. The van der Waals surface area contributed by atoms with Crippen LogP contribution in [0.4, 0.5) is 9.18 Å². The fraction of sp³-hybridized carbons (Fsp3) is 0.400. The molecular weight excluding hydrogens is 545 g/mol. The Labute approximate surface area is 240 Å². The van der Waals surface area contributed by atoms with Crippen LogP contribution in [-0.2, 0) is 15.5 Å². The Hall–Kier alpha value is -3.86. The van der Waals surface area contributed by atoms with Crippen LogP contribution < -0.4 is 0 Å². The van der Waals surface area contributed by atoms with Crippen LogP contribution in [0.2, 0.25) is 0 Å². The molecule has 11 heteroatoms. The highest BCUT2D eigenvalue weighted by Crippen LogP contribution is 2.38. The Kier molecular flexibility index (Phi) is 8.08. The molecule has 2 aliphatic rings.